The maximum Gasteiger partial charge on any atom is 0.303 e. The minimum atomic E-state index is -1.35. The van der Waals surface area contributed by atoms with Crippen molar-refractivity contribution in [2.45, 2.75) is 72.1 Å². The fraction of sp³-hybridized carbons (Fsp3) is 0.706. The van der Waals surface area contributed by atoms with Crippen LogP contribution in [0.15, 0.2) is 0 Å². The molecule has 10 heteroatoms. The van der Waals surface area contributed by atoms with Crippen LogP contribution < -0.4 is 0 Å². The Morgan fingerprint density at radius 2 is 0.630 bits per heavy atom. The van der Waals surface area contributed by atoms with E-state index in [4.69, 9.17) is 23.7 Å². The molecule has 0 amide bonds. The number of rotatable bonds is 5. The summed E-state index contributed by atoms with van der Waals surface area (Å²) in [7, 11) is 0. The summed E-state index contributed by atoms with van der Waals surface area (Å²) in [4.78, 5) is 57.8. The molecule has 0 bridgehead atoms. The number of carbonyl (C=O) groups excluding carboxylic acids is 5. The van der Waals surface area contributed by atoms with Crippen molar-refractivity contribution in [1.82, 2.24) is 0 Å². The molecule has 1 saturated carbocycles. The van der Waals surface area contributed by atoms with Gasteiger partial charge in [-0.2, -0.15) is 0 Å². The first-order chi connectivity index (χ1) is 12.4. The fourth-order valence-corrected chi connectivity index (χ4v) is 3.06. The van der Waals surface area contributed by atoms with E-state index in [0.717, 1.165) is 34.6 Å². The second kappa shape index (κ2) is 9.33. The van der Waals surface area contributed by atoms with Crippen molar-refractivity contribution in [2.75, 3.05) is 0 Å². The predicted octanol–water partition coefficient (Wildman–Crippen LogP) is 0.295. The first kappa shape index (κ1) is 22.4. The third-order valence-electron chi connectivity index (χ3n) is 3.84. The van der Waals surface area contributed by atoms with Crippen molar-refractivity contribution in [3.8, 4) is 0 Å². The monoisotopic (exact) mass is 388 g/mol. The standard InChI is InChI=1S/C17H24O10/c1-7-13(23-8(2)18)15(25-10(4)20)17(27-12(6)22)16(26-11(5)21)14(7)24-9(3)19/h7,13-17H,1-6H3/t7?,13-,14?,15?,16-,17?/m0/s1. The van der Waals surface area contributed by atoms with Gasteiger partial charge in [-0.3, -0.25) is 24.0 Å². The summed E-state index contributed by atoms with van der Waals surface area (Å²) in [6.07, 6.45) is -6.08. The molecular formula is C17H24O10. The van der Waals surface area contributed by atoms with Crippen LogP contribution in [0.5, 0.6) is 0 Å². The molecule has 1 aliphatic rings. The third-order valence-corrected chi connectivity index (χ3v) is 3.84. The van der Waals surface area contributed by atoms with Gasteiger partial charge in [0.25, 0.3) is 0 Å². The zero-order chi connectivity index (χ0) is 20.9. The molecule has 0 N–H and O–H groups in total. The summed E-state index contributed by atoms with van der Waals surface area (Å²) in [5, 5.41) is 0. The Hall–Kier alpha value is -2.65. The number of hydrogen-bond donors (Lipinski definition) is 0. The first-order valence-electron chi connectivity index (χ1n) is 8.30. The first-order valence-corrected chi connectivity index (χ1v) is 8.30. The normalized spacial score (nSPS) is 29.9. The van der Waals surface area contributed by atoms with E-state index < -0.39 is 66.3 Å². The van der Waals surface area contributed by atoms with E-state index in [2.05, 4.69) is 0 Å². The Labute approximate surface area is 156 Å². The molecule has 10 nitrogen and oxygen atoms in total. The van der Waals surface area contributed by atoms with Gasteiger partial charge in [-0.25, -0.2) is 0 Å². The molecule has 1 rings (SSSR count). The molecule has 0 radical (unpaired) electrons. The van der Waals surface area contributed by atoms with Crippen molar-refractivity contribution in [2.24, 2.45) is 5.92 Å². The van der Waals surface area contributed by atoms with E-state index in [1.54, 1.807) is 6.92 Å². The Morgan fingerprint density at radius 3 is 0.852 bits per heavy atom. The summed E-state index contributed by atoms with van der Waals surface area (Å²) >= 11 is 0. The number of ether oxygens (including phenoxy) is 5. The van der Waals surface area contributed by atoms with Crippen LogP contribution in [0.25, 0.3) is 0 Å². The van der Waals surface area contributed by atoms with Crippen LogP contribution in [0.1, 0.15) is 41.5 Å². The summed E-state index contributed by atoms with van der Waals surface area (Å²) < 4.78 is 26.2. The van der Waals surface area contributed by atoms with Crippen molar-refractivity contribution in [3.63, 3.8) is 0 Å². The van der Waals surface area contributed by atoms with Gasteiger partial charge in [0.05, 0.1) is 0 Å². The fourth-order valence-electron chi connectivity index (χ4n) is 3.06. The third kappa shape index (κ3) is 6.22. The van der Waals surface area contributed by atoms with E-state index in [1.165, 1.54) is 0 Å². The van der Waals surface area contributed by atoms with Gasteiger partial charge in [-0.1, -0.05) is 6.92 Å². The van der Waals surface area contributed by atoms with Crippen LogP contribution >= 0.6 is 0 Å². The maximum absolute atomic E-state index is 11.6. The zero-order valence-electron chi connectivity index (χ0n) is 16.0. The highest BCUT2D eigenvalue weighted by Gasteiger charge is 2.57. The predicted molar refractivity (Wildman–Crippen MR) is 86.9 cm³/mol. The van der Waals surface area contributed by atoms with Crippen molar-refractivity contribution < 1.29 is 47.7 Å². The van der Waals surface area contributed by atoms with Gasteiger partial charge >= 0.3 is 29.8 Å². The summed E-state index contributed by atoms with van der Waals surface area (Å²) in [6, 6.07) is 0. The van der Waals surface area contributed by atoms with E-state index >= 15 is 0 Å². The molecule has 6 atom stereocenters. The van der Waals surface area contributed by atoms with Crippen molar-refractivity contribution in [3.05, 3.63) is 0 Å². The molecule has 152 valence electrons. The lowest BCUT2D eigenvalue weighted by molar-refractivity contribution is -0.243. The molecular weight excluding hydrogens is 364 g/mol. The smallest absolute Gasteiger partial charge is 0.303 e. The maximum atomic E-state index is 11.6. The quantitative estimate of drug-likeness (QED) is 0.478. The van der Waals surface area contributed by atoms with Gasteiger partial charge in [-0.15, -0.1) is 0 Å². The minimum Gasteiger partial charge on any atom is -0.458 e. The lowest BCUT2D eigenvalue weighted by atomic mass is 9.78. The molecule has 0 spiro atoms. The lowest BCUT2D eigenvalue weighted by Crippen LogP contribution is -2.65. The molecule has 1 fully saturated rings. The molecule has 0 saturated heterocycles. The van der Waals surface area contributed by atoms with Gasteiger partial charge in [0.1, 0.15) is 12.2 Å². The average Bonchev–Trinajstić information content (AvgIpc) is 2.49. The van der Waals surface area contributed by atoms with E-state index in [0.29, 0.717) is 0 Å². The number of carbonyl (C=O) groups is 5. The van der Waals surface area contributed by atoms with Crippen molar-refractivity contribution >= 4 is 29.8 Å². The average molecular weight is 388 g/mol. The number of hydrogen-bond acceptors (Lipinski definition) is 10. The van der Waals surface area contributed by atoms with Gasteiger partial charge in [0, 0.05) is 40.5 Å². The van der Waals surface area contributed by atoms with E-state index in [9.17, 15) is 24.0 Å². The highest BCUT2D eigenvalue weighted by molar-refractivity contribution is 5.70. The van der Waals surface area contributed by atoms with E-state index in [1.807, 2.05) is 0 Å². The summed E-state index contributed by atoms with van der Waals surface area (Å²) in [5.41, 5.74) is 0. The van der Waals surface area contributed by atoms with Gasteiger partial charge in [0.15, 0.2) is 18.3 Å². The Bertz CT molecular complexity index is 569. The Kier molecular flexibility index (Phi) is 7.74. The largest absolute Gasteiger partial charge is 0.458 e. The molecule has 0 aliphatic heterocycles. The molecule has 0 heterocycles. The highest BCUT2D eigenvalue weighted by atomic mass is 16.6. The molecule has 0 aromatic carbocycles. The second-order valence-electron chi connectivity index (χ2n) is 6.23. The van der Waals surface area contributed by atoms with Gasteiger partial charge < -0.3 is 23.7 Å². The van der Waals surface area contributed by atoms with Gasteiger partial charge in [0.2, 0.25) is 0 Å². The molecule has 4 unspecified atom stereocenters. The molecule has 1 aliphatic carbocycles. The van der Waals surface area contributed by atoms with E-state index in [-0.39, 0.29) is 0 Å². The SMILES string of the molecule is CC(=O)OC1C(C)[C@H](OC(C)=O)C(OC(C)=O)C(OC(C)=O)[C@H]1OC(C)=O. The summed E-state index contributed by atoms with van der Waals surface area (Å²) in [6.45, 7) is 7.22. The Morgan fingerprint density at radius 1 is 0.444 bits per heavy atom. The van der Waals surface area contributed by atoms with Crippen molar-refractivity contribution in [1.29, 1.82) is 0 Å². The van der Waals surface area contributed by atoms with Crippen LogP contribution in [-0.4, -0.2) is 60.4 Å². The van der Waals surface area contributed by atoms with Crippen LogP contribution in [0, 0.1) is 5.92 Å². The van der Waals surface area contributed by atoms with Crippen LogP contribution in [-0.2, 0) is 47.7 Å². The van der Waals surface area contributed by atoms with Crippen LogP contribution in [0.3, 0.4) is 0 Å². The second-order valence-corrected chi connectivity index (χ2v) is 6.23. The van der Waals surface area contributed by atoms with Crippen LogP contribution in [0.4, 0.5) is 0 Å². The lowest BCUT2D eigenvalue weighted by Gasteiger charge is -2.46. The molecule has 0 aromatic rings. The Balaban J connectivity index is 3.46. The van der Waals surface area contributed by atoms with Gasteiger partial charge in [-0.05, 0) is 0 Å². The highest BCUT2D eigenvalue weighted by Crippen LogP contribution is 2.36. The zero-order valence-corrected chi connectivity index (χ0v) is 16.0. The molecule has 27 heavy (non-hydrogen) atoms. The van der Waals surface area contributed by atoms with Crippen LogP contribution in [0.2, 0.25) is 0 Å². The topological polar surface area (TPSA) is 132 Å². The molecule has 0 aromatic heterocycles. The minimum absolute atomic E-state index is 0.682. The summed E-state index contributed by atoms with van der Waals surface area (Å²) in [5.74, 6) is -4.32. The number of esters is 5.